The number of ether oxygens (including phenoxy) is 1. The summed E-state index contributed by atoms with van der Waals surface area (Å²) >= 11 is 5.78. The summed E-state index contributed by atoms with van der Waals surface area (Å²) < 4.78 is 57.5. The Hall–Kier alpha value is -2.54. The number of Topliss-reactive ketones (excluding diaryl/α,β-unsaturated/α-hetero) is 1. The number of hydrogen-bond acceptors (Lipinski definition) is 3. The van der Waals surface area contributed by atoms with Crippen LogP contribution in [0.25, 0.3) is 0 Å². The van der Waals surface area contributed by atoms with Gasteiger partial charge in [-0.3, -0.25) is 4.79 Å². The number of hydrogen-bond donors (Lipinski definition) is 0. The van der Waals surface area contributed by atoms with Crippen LogP contribution in [0.3, 0.4) is 0 Å². The van der Waals surface area contributed by atoms with Gasteiger partial charge in [0.2, 0.25) is 5.78 Å². The van der Waals surface area contributed by atoms with Crippen LogP contribution >= 0.6 is 11.6 Å². The third kappa shape index (κ3) is 4.98. The Kier molecular flexibility index (Phi) is 5.92. The fraction of sp³-hybridized carbons (Fsp3) is 0.167. The second kappa shape index (κ2) is 7.78. The molecule has 0 atom stereocenters. The first kappa shape index (κ1) is 19.8. The maximum Gasteiger partial charge on any atom is 0.416 e. The molecule has 0 spiro atoms. The molecule has 3 nitrogen and oxygen atoms in total. The quantitative estimate of drug-likeness (QED) is 0.307. The second-order valence-corrected chi connectivity index (χ2v) is 5.97. The van der Waals surface area contributed by atoms with E-state index in [0.717, 1.165) is 6.07 Å². The van der Waals surface area contributed by atoms with Crippen molar-refractivity contribution in [3.05, 3.63) is 76.4 Å². The standard InChI is InChI=1S/C18H14ClF4NO2/c1-24(2)10-16(26-13-6-4-12(19)5-7-13)17(25)14-8-3-11(9-15(14)20)18(21,22)23/h3-10H,1-2H3/b16-10-. The fourth-order valence-electron chi connectivity index (χ4n) is 2.00. The molecule has 26 heavy (non-hydrogen) atoms. The van der Waals surface area contributed by atoms with Gasteiger partial charge >= 0.3 is 6.18 Å². The van der Waals surface area contributed by atoms with E-state index in [-0.39, 0.29) is 17.6 Å². The minimum absolute atomic E-state index is 0.254. The zero-order valence-corrected chi connectivity index (χ0v) is 14.5. The lowest BCUT2D eigenvalue weighted by molar-refractivity contribution is -0.137. The Morgan fingerprint density at radius 1 is 1.12 bits per heavy atom. The molecule has 0 N–H and O–H groups in total. The molecule has 0 saturated carbocycles. The molecule has 0 bridgehead atoms. The van der Waals surface area contributed by atoms with E-state index in [1.54, 1.807) is 14.1 Å². The monoisotopic (exact) mass is 387 g/mol. The van der Waals surface area contributed by atoms with Gasteiger partial charge in [-0.1, -0.05) is 11.6 Å². The van der Waals surface area contributed by atoms with Crippen LogP contribution in [0.5, 0.6) is 5.75 Å². The van der Waals surface area contributed by atoms with Gasteiger partial charge in [0.25, 0.3) is 0 Å². The Labute approximate surface area is 152 Å². The smallest absolute Gasteiger partial charge is 0.416 e. The van der Waals surface area contributed by atoms with Crippen LogP contribution in [-0.2, 0) is 6.18 Å². The van der Waals surface area contributed by atoms with Crippen LogP contribution < -0.4 is 4.74 Å². The highest BCUT2D eigenvalue weighted by Crippen LogP contribution is 2.31. The van der Waals surface area contributed by atoms with Crippen molar-refractivity contribution in [3.8, 4) is 5.75 Å². The van der Waals surface area contributed by atoms with Gasteiger partial charge < -0.3 is 9.64 Å². The number of alkyl halides is 3. The number of allylic oxidation sites excluding steroid dienone is 1. The van der Waals surface area contributed by atoms with E-state index in [9.17, 15) is 22.4 Å². The first-order valence-corrected chi connectivity index (χ1v) is 7.69. The first-order chi connectivity index (χ1) is 12.1. The summed E-state index contributed by atoms with van der Waals surface area (Å²) in [4.78, 5) is 14.1. The van der Waals surface area contributed by atoms with E-state index in [1.807, 2.05) is 0 Å². The summed E-state index contributed by atoms with van der Waals surface area (Å²) in [5.41, 5.74) is -1.71. The van der Waals surface area contributed by atoms with Crippen molar-refractivity contribution in [2.45, 2.75) is 6.18 Å². The summed E-state index contributed by atoms with van der Waals surface area (Å²) in [5, 5.41) is 0.454. The number of ketones is 1. The molecule has 2 aromatic carbocycles. The van der Waals surface area contributed by atoms with Crippen molar-refractivity contribution in [1.29, 1.82) is 0 Å². The zero-order chi connectivity index (χ0) is 19.5. The third-order valence-corrected chi connectivity index (χ3v) is 3.43. The van der Waals surface area contributed by atoms with E-state index in [4.69, 9.17) is 16.3 Å². The molecule has 0 unspecified atom stereocenters. The number of carbonyl (C=O) groups is 1. The Morgan fingerprint density at radius 3 is 2.23 bits per heavy atom. The van der Waals surface area contributed by atoms with Gasteiger partial charge in [0.1, 0.15) is 11.6 Å². The molecular formula is C18H14ClF4NO2. The van der Waals surface area contributed by atoms with Gasteiger partial charge in [0.05, 0.1) is 11.1 Å². The third-order valence-electron chi connectivity index (χ3n) is 3.18. The molecule has 0 aliphatic heterocycles. The van der Waals surface area contributed by atoms with Gasteiger partial charge in [0, 0.05) is 25.3 Å². The molecule has 0 saturated heterocycles. The topological polar surface area (TPSA) is 29.5 Å². The highest BCUT2D eigenvalue weighted by molar-refractivity contribution is 6.30. The molecule has 0 aliphatic carbocycles. The molecule has 2 aromatic rings. The SMILES string of the molecule is CN(C)/C=C(\Oc1ccc(Cl)cc1)C(=O)c1ccc(C(F)(F)F)cc1F. The van der Waals surface area contributed by atoms with E-state index >= 15 is 0 Å². The lowest BCUT2D eigenvalue weighted by Crippen LogP contribution is -2.16. The molecule has 0 fully saturated rings. The molecule has 0 aliphatic rings. The van der Waals surface area contributed by atoms with Crippen LogP contribution in [0.4, 0.5) is 17.6 Å². The summed E-state index contributed by atoms with van der Waals surface area (Å²) in [5.74, 6) is -2.16. The van der Waals surface area contributed by atoms with E-state index in [1.165, 1.54) is 35.4 Å². The molecule has 2 rings (SSSR count). The van der Waals surface area contributed by atoms with Crippen LogP contribution in [0.1, 0.15) is 15.9 Å². The zero-order valence-electron chi connectivity index (χ0n) is 13.8. The van der Waals surface area contributed by atoms with Crippen molar-refractivity contribution in [3.63, 3.8) is 0 Å². The second-order valence-electron chi connectivity index (χ2n) is 5.53. The summed E-state index contributed by atoms with van der Waals surface area (Å²) in [7, 11) is 3.23. The van der Waals surface area contributed by atoms with Crippen molar-refractivity contribution in [2.75, 3.05) is 14.1 Å². The van der Waals surface area contributed by atoms with E-state index in [2.05, 4.69) is 0 Å². The van der Waals surface area contributed by atoms with Crippen LogP contribution in [-0.4, -0.2) is 24.8 Å². The molecule has 0 heterocycles. The highest BCUT2D eigenvalue weighted by Gasteiger charge is 2.32. The lowest BCUT2D eigenvalue weighted by Gasteiger charge is -2.14. The van der Waals surface area contributed by atoms with Gasteiger partial charge in [0.15, 0.2) is 5.76 Å². The van der Waals surface area contributed by atoms with Gasteiger partial charge in [-0.15, -0.1) is 0 Å². The molecule has 0 amide bonds. The number of benzene rings is 2. The van der Waals surface area contributed by atoms with E-state index < -0.39 is 28.9 Å². The summed E-state index contributed by atoms with van der Waals surface area (Å²) in [6, 6.07) is 7.79. The number of halogens is 5. The minimum atomic E-state index is -4.70. The molecule has 138 valence electrons. The summed E-state index contributed by atoms with van der Waals surface area (Å²) in [6.07, 6.45) is -3.40. The van der Waals surface area contributed by atoms with E-state index in [0.29, 0.717) is 11.1 Å². The van der Waals surface area contributed by atoms with Crippen LogP contribution in [0.15, 0.2) is 54.4 Å². The van der Waals surface area contributed by atoms with Crippen molar-refractivity contribution >= 4 is 17.4 Å². The number of rotatable bonds is 5. The average molecular weight is 388 g/mol. The predicted molar refractivity (Wildman–Crippen MR) is 89.6 cm³/mol. The number of carbonyl (C=O) groups excluding carboxylic acids is 1. The molecular weight excluding hydrogens is 374 g/mol. The summed E-state index contributed by atoms with van der Waals surface area (Å²) in [6.45, 7) is 0. The van der Waals surface area contributed by atoms with Crippen LogP contribution in [0.2, 0.25) is 5.02 Å². The first-order valence-electron chi connectivity index (χ1n) is 7.31. The predicted octanol–water partition coefficient (Wildman–Crippen LogP) is 5.16. The van der Waals surface area contributed by atoms with Gasteiger partial charge in [-0.05, 0) is 42.5 Å². The van der Waals surface area contributed by atoms with Crippen molar-refractivity contribution in [1.82, 2.24) is 4.90 Å². The minimum Gasteiger partial charge on any atom is -0.452 e. The maximum atomic E-state index is 14.1. The molecule has 8 heteroatoms. The average Bonchev–Trinajstić information content (AvgIpc) is 2.54. The molecule has 0 radical (unpaired) electrons. The van der Waals surface area contributed by atoms with Crippen LogP contribution in [0, 0.1) is 5.82 Å². The van der Waals surface area contributed by atoms with Crippen molar-refractivity contribution < 1.29 is 27.1 Å². The Balaban J connectivity index is 2.37. The maximum absolute atomic E-state index is 14.1. The molecule has 0 aromatic heterocycles. The lowest BCUT2D eigenvalue weighted by atomic mass is 10.1. The fourth-order valence-corrected chi connectivity index (χ4v) is 2.13. The van der Waals surface area contributed by atoms with Gasteiger partial charge in [-0.2, -0.15) is 13.2 Å². The highest BCUT2D eigenvalue weighted by atomic mass is 35.5. The normalized spacial score (nSPS) is 12.0. The Bertz CT molecular complexity index is 830. The number of nitrogens with zero attached hydrogens (tertiary/aromatic N) is 1. The Morgan fingerprint density at radius 2 is 1.73 bits per heavy atom. The van der Waals surface area contributed by atoms with Crippen molar-refractivity contribution in [2.24, 2.45) is 0 Å². The van der Waals surface area contributed by atoms with Gasteiger partial charge in [-0.25, -0.2) is 4.39 Å². The largest absolute Gasteiger partial charge is 0.452 e.